The zero-order valence-electron chi connectivity index (χ0n) is 14.3. The van der Waals surface area contributed by atoms with Crippen molar-refractivity contribution in [2.45, 2.75) is 44.0 Å². The highest BCUT2D eigenvalue weighted by Crippen LogP contribution is 2.35. The van der Waals surface area contributed by atoms with Gasteiger partial charge < -0.3 is 15.4 Å². The molecule has 1 saturated carbocycles. The summed E-state index contributed by atoms with van der Waals surface area (Å²) in [5.74, 6) is 0.752. The molecule has 7 nitrogen and oxygen atoms in total. The number of likely N-dealkylation sites (tertiary alicyclic amines) is 1. The maximum atomic E-state index is 13.1. The SMILES string of the molecule is CN1CCC(Oc2nc(N)cnc2-c2ccn(C3CC(F)C3)n2)CC1. The smallest absolute Gasteiger partial charge is 0.244 e. The average Bonchev–Trinajstić information content (AvgIpc) is 3.03. The van der Waals surface area contributed by atoms with Gasteiger partial charge in [-0.2, -0.15) is 10.1 Å². The zero-order chi connectivity index (χ0) is 17.4. The summed E-state index contributed by atoms with van der Waals surface area (Å²) in [7, 11) is 2.11. The second kappa shape index (κ2) is 6.59. The molecule has 0 aromatic carbocycles. The first-order valence-electron chi connectivity index (χ1n) is 8.76. The molecule has 8 heteroatoms. The quantitative estimate of drug-likeness (QED) is 0.913. The van der Waals surface area contributed by atoms with Gasteiger partial charge in [-0.1, -0.05) is 0 Å². The molecule has 134 valence electrons. The molecule has 2 N–H and O–H groups in total. The van der Waals surface area contributed by atoms with E-state index in [1.807, 2.05) is 16.9 Å². The number of rotatable bonds is 4. The van der Waals surface area contributed by atoms with Gasteiger partial charge in [-0.3, -0.25) is 4.68 Å². The van der Waals surface area contributed by atoms with Crippen molar-refractivity contribution in [3.05, 3.63) is 18.5 Å². The molecule has 2 aromatic heterocycles. The molecule has 1 saturated heterocycles. The number of hydrogen-bond acceptors (Lipinski definition) is 6. The monoisotopic (exact) mass is 346 g/mol. The summed E-state index contributed by atoms with van der Waals surface area (Å²) >= 11 is 0. The Kier molecular flexibility index (Phi) is 4.29. The van der Waals surface area contributed by atoms with Gasteiger partial charge in [0, 0.05) is 32.1 Å². The Bertz CT molecular complexity index is 736. The molecular formula is C17H23FN6O. The third-order valence-electron chi connectivity index (χ3n) is 4.98. The zero-order valence-corrected chi connectivity index (χ0v) is 14.3. The van der Waals surface area contributed by atoms with Gasteiger partial charge in [-0.25, -0.2) is 9.37 Å². The van der Waals surface area contributed by atoms with Crippen molar-refractivity contribution >= 4 is 5.82 Å². The van der Waals surface area contributed by atoms with Crippen LogP contribution >= 0.6 is 0 Å². The standard InChI is InChI=1S/C17H23FN6O/c1-23-5-2-13(3-6-23)25-17-16(20-10-15(19)21-17)14-4-7-24(22-14)12-8-11(18)9-12/h4,7,10-13H,2-3,5-6,8-9H2,1H3,(H2,19,21). The van der Waals surface area contributed by atoms with Crippen LogP contribution in [0, 0.1) is 0 Å². The number of anilines is 1. The van der Waals surface area contributed by atoms with Crippen molar-refractivity contribution in [1.82, 2.24) is 24.6 Å². The summed E-state index contributed by atoms with van der Waals surface area (Å²) in [6.07, 6.45) is 5.70. The van der Waals surface area contributed by atoms with Crippen LogP contribution in [0.15, 0.2) is 18.5 Å². The number of halogens is 1. The molecule has 25 heavy (non-hydrogen) atoms. The Morgan fingerprint density at radius 2 is 2.04 bits per heavy atom. The van der Waals surface area contributed by atoms with Crippen LogP contribution in [-0.2, 0) is 0 Å². The molecule has 1 aliphatic heterocycles. The molecule has 2 aromatic rings. The first kappa shape index (κ1) is 16.3. The van der Waals surface area contributed by atoms with Gasteiger partial charge >= 0.3 is 0 Å². The topological polar surface area (TPSA) is 82.1 Å². The summed E-state index contributed by atoms with van der Waals surface area (Å²) in [6, 6.07) is 2.00. The Morgan fingerprint density at radius 1 is 1.28 bits per heavy atom. The Morgan fingerprint density at radius 3 is 2.76 bits per heavy atom. The average molecular weight is 346 g/mol. The van der Waals surface area contributed by atoms with E-state index in [2.05, 4.69) is 27.0 Å². The van der Waals surface area contributed by atoms with E-state index < -0.39 is 6.17 Å². The minimum atomic E-state index is -0.711. The summed E-state index contributed by atoms with van der Waals surface area (Å²) in [5.41, 5.74) is 7.07. The predicted octanol–water partition coefficient (Wildman–Crippen LogP) is 2.07. The molecule has 0 amide bonds. The van der Waals surface area contributed by atoms with E-state index in [-0.39, 0.29) is 12.1 Å². The van der Waals surface area contributed by atoms with Crippen molar-refractivity contribution in [3.63, 3.8) is 0 Å². The number of piperidine rings is 1. The lowest BCUT2D eigenvalue weighted by Gasteiger charge is -2.29. The number of hydrogen-bond donors (Lipinski definition) is 1. The van der Waals surface area contributed by atoms with Gasteiger partial charge in [0.25, 0.3) is 0 Å². The number of nitrogens with zero attached hydrogens (tertiary/aromatic N) is 5. The third kappa shape index (κ3) is 3.44. The summed E-state index contributed by atoms with van der Waals surface area (Å²) in [4.78, 5) is 11.0. The molecule has 0 unspecified atom stereocenters. The number of nitrogen functional groups attached to an aromatic ring is 1. The molecule has 1 aliphatic carbocycles. The molecule has 4 rings (SSSR count). The van der Waals surface area contributed by atoms with Crippen molar-refractivity contribution in [2.24, 2.45) is 0 Å². The maximum absolute atomic E-state index is 13.1. The number of ether oxygens (including phenoxy) is 1. The van der Waals surface area contributed by atoms with Crippen LogP contribution < -0.4 is 10.5 Å². The molecular weight excluding hydrogens is 323 g/mol. The van der Waals surface area contributed by atoms with E-state index in [0.717, 1.165) is 25.9 Å². The second-order valence-corrected chi connectivity index (χ2v) is 6.97. The van der Waals surface area contributed by atoms with Crippen LogP contribution in [0.5, 0.6) is 5.88 Å². The highest BCUT2D eigenvalue weighted by molar-refractivity contribution is 5.60. The molecule has 3 heterocycles. The highest BCUT2D eigenvalue weighted by atomic mass is 19.1. The molecule has 0 radical (unpaired) electrons. The van der Waals surface area contributed by atoms with E-state index in [1.165, 1.54) is 6.20 Å². The van der Waals surface area contributed by atoms with E-state index in [4.69, 9.17) is 10.5 Å². The normalized spacial score (nSPS) is 24.9. The summed E-state index contributed by atoms with van der Waals surface area (Å²) in [6.45, 7) is 1.99. The molecule has 2 fully saturated rings. The molecule has 0 spiro atoms. The van der Waals surface area contributed by atoms with E-state index in [0.29, 0.717) is 35.9 Å². The lowest BCUT2D eigenvalue weighted by molar-refractivity contribution is 0.110. The fourth-order valence-electron chi connectivity index (χ4n) is 3.31. The number of nitrogens with two attached hydrogens (primary N) is 1. The van der Waals surface area contributed by atoms with Gasteiger partial charge in [0.1, 0.15) is 23.8 Å². The third-order valence-corrected chi connectivity index (χ3v) is 4.98. The summed E-state index contributed by atoms with van der Waals surface area (Å²) < 4.78 is 21.0. The van der Waals surface area contributed by atoms with Crippen LogP contribution in [-0.4, -0.2) is 57.1 Å². The van der Waals surface area contributed by atoms with Gasteiger partial charge in [-0.05, 0) is 26.0 Å². The van der Waals surface area contributed by atoms with Gasteiger partial charge in [0.2, 0.25) is 5.88 Å². The Labute approximate surface area is 146 Å². The fraction of sp³-hybridized carbons (Fsp3) is 0.588. The van der Waals surface area contributed by atoms with Crippen LogP contribution in [0.1, 0.15) is 31.7 Å². The van der Waals surface area contributed by atoms with E-state index >= 15 is 0 Å². The second-order valence-electron chi connectivity index (χ2n) is 6.97. The van der Waals surface area contributed by atoms with Crippen LogP contribution in [0.3, 0.4) is 0 Å². The number of alkyl halides is 1. The minimum absolute atomic E-state index is 0.104. The minimum Gasteiger partial charge on any atom is -0.473 e. The lowest BCUT2D eigenvalue weighted by atomic mass is 9.91. The predicted molar refractivity (Wildman–Crippen MR) is 92.0 cm³/mol. The Hall–Kier alpha value is -2.22. The largest absolute Gasteiger partial charge is 0.473 e. The highest BCUT2D eigenvalue weighted by Gasteiger charge is 2.31. The van der Waals surface area contributed by atoms with E-state index in [9.17, 15) is 4.39 Å². The number of aromatic nitrogens is 4. The van der Waals surface area contributed by atoms with Crippen LogP contribution in [0.25, 0.3) is 11.4 Å². The fourth-order valence-corrected chi connectivity index (χ4v) is 3.31. The van der Waals surface area contributed by atoms with Gasteiger partial charge in [0.05, 0.1) is 12.2 Å². The molecule has 0 atom stereocenters. The van der Waals surface area contributed by atoms with Crippen LogP contribution in [0.4, 0.5) is 10.2 Å². The maximum Gasteiger partial charge on any atom is 0.244 e. The summed E-state index contributed by atoms with van der Waals surface area (Å²) in [5, 5.41) is 4.55. The van der Waals surface area contributed by atoms with Crippen molar-refractivity contribution in [1.29, 1.82) is 0 Å². The van der Waals surface area contributed by atoms with Crippen molar-refractivity contribution < 1.29 is 9.13 Å². The first-order chi connectivity index (χ1) is 12.1. The molecule has 0 bridgehead atoms. The van der Waals surface area contributed by atoms with E-state index in [1.54, 1.807) is 0 Å². The molecule has 2 aliphatic rings. The lowest BCUT2D eigenvalue weighted by Crippen LogP contribution is -2.36. The first-order valence-corrected chi connectivity index (χ1v) is 8.76. The Balaban J connectivity index is 1.55. The van der Waals surface area contributed by atoms with Crippen molar-refractivity contribution in [3.8, 4) is 17.3 Å². The van der Waals surface area contributed by atoms with Crippen LogP contribution in [0.2, 0.25) is 0 Å². The van der Waals surface area contributed by atoms with Crippen molar-refractivity contribution in [2.75, 3.05) is 25.9 Å². The van der Waals surface area contributed by atoms with Gasteiger partial charge in [0.15, 0.2) is 5.69 Å². The van der Waals surface area contributed by atoms with Gasteiger partial charge in [-0.15, -0.1) is 0 Å².